The first-order valence-electron chi connectivity index (χ1n) is 13.5. The van der Waals surface area contributed by atoms with Crippen molar-refractivity contribution in [2.24, 2.45) is 5.92 Å². The third kappa shape index (κ3) is 10.6. The molecular formula is C29H49N3O4. The first-order chi connectivity index (χ1) is 16.8. The summed E-state index contributed by atoms with van der Waals surface area (Å²) in [4.78, 5) is 42.1. The summed E-state index contributed by atoms with van der Waals surface area (Å²) in [6.45, 7) is 17.9. The first kappa shape index (κ1) is 31.5. The van der Waals surface area contributed by atoms with Gasteiger partial charge in [0.1, 0.15) is 17.7 Å². The molecule has 0 spiro atoms. The van der Waals surface area contributed by atoms with Crippen molar-refractivity contribution in [2.45, 2.75) is 118 Å². The largest absolute Gasteiger partial charge is 0.444 e. The predicted molar refractivity (Wildman–Crippen MR) is 146 cm³/mol. The maximum Gasteiger partial charge on any atom is 0.408 e. The zero-order chi connectivity index (χ0) is 27.5. The second kappa shape index (κ2) is 14.9. The number of rotatable bonds is 13. The molecule has 1 aromatic carbocycles. The van der Waals surface area contributed by atoms with Gasteiger partial charge in [-0.3, -0.25) is 9.59 Å². The number of unbranched alkanes of at least 4 members (excludes halogenated alkanes) is 1. The molecule has 36 heavy (non-hydrogen) atoms. The highest BCUT2D eigenvalue weighted by Gasteiger charge is 2.37. The van der Waals surface area contributed by atoms with Crippen LogP contribution in [0.1, 0.15) is 105 Å². The van der Waals surface area contributed by atoms with Crippen LogP contribution in [0, 0.1) is 12.8 Å². The van der Waals surface area contributed by atoms with Crippen LogP contribution in [0.2, 0.25) is 0 Å². The number of nitrogens with zero attached hydrogens (tertiary/aromatic N) is 1. The summed E-state index contributed by atoms with van der Waals surface area (Å²) in [5.41, 5.74) is 1.05. The molecule has 7 heteroatoms. The summed E-state index contributed by atoms with van der Waals surface area (Å²) in [7, 11) is 0. The first-order valence-corrected chi connectivity index (χ1v) is 13.5. The topological polar surface area (TPSA) is 87.7 Å². The minimum Gasteiger partial charge on any atom is -0.444 e. The highest BCUT2D eigenvalue weighted by atomic mass is 16.6. The van der Waals surface area contributed by atoms with Gasteiger partial charge in [0.05, 0.1) is 0 Å². The average Bonchev–Trinajstić information content (AvgIpc) is 2.75. The summed E-state index contributed by atoms with van der Waals surface area (Å²) in [5.74, 6) is -0.318. The van der Waals surface area contributed by atoms with Gasteiger partial charge >= 0.3 is 6.09 Å². The lowest BCUT2D eigenvalue weighted by molar-refractivity contribution is -0.143. The van der Waals surface area contributed by atoms with Gasteiger partial charge in [0.25, 0.3) is 0 Å². The Morgan fingerprint density at radius 2 is 1.64 bits per heavy atom. The van der Waals surface area contributed by atoms with E-state index in [4.69, 9.17) is 4.74 Å². The number of benzene rings is 1. The molecule has 3 unspecified atom stereocenters. The number of nitrogens with one attached hydrogen (secondary N) is 2. The molecule has 204 valence electrons. The Morgan fingerprint density at radius 1 is 1.00 bits per heavy atom. The molecule has 0 saturated carbocycles. The quantitative estimate of drug-likeness (QED) is 0.350. The van der Waals surface area contributed by atoms with Gasteiger partial charge in [-0.15, -0.1) is 0 Å². The van der Waals surface area contributed by atoms with Gasteiger partial charge in [0.15, 0.2) is 0 Å². The van der Waals surface area contributed by atoms with E-state index in [1.54, 1.807) is 25.7 Å². The fraction of sp³-hybridized carbons (Fsp3) is 0.690. The minimum atomic E-state index is -0.802. The lowest BCUT2D eigenvalue weighted by atomic mass is 9.96. The van der Waals surface area contributed by atoms with Crippen LogP contribution in [0.4, 0.5) is 4.79 Å². The molecule has 3 amide bonds. The van der Waals surface area contributed by atoms with Gasteiger partial charge in [-0.1, -0.05) is 64.8 Å². The van der Waals surface area contributed by atoms with Crippen molar-refractivity contribution < 1.29 is 19.1 Å². The molecule has 0 heterocycles. The van der Waals surface area contributed by atoms with Crippen LogP contribution in [0.25, 0.3) is 0 Å². The molecule has 0 fully saturated rings. The summed E-state index contributed by atoms with van der Waals surface area (Å²) in [5, 5.41) is 5.92. The Balaban J connectivity index is 3.48. The van der Waals surface area contributed by atoms with Crippen LogP contribution in [-0.2, 0) is 14.3 Å². The normalized spacial score (nSPS) is 14.1. The predicted octanol–water partition coefficient (Wildman–Crippen LogP) is 5.91. The molecule has 1 rings (SSSR count). The van der Waals surface area contributed by atoms with Crippen LogP contribution >= 0.6 is 0 Å². The lowest BCUT2D eigenvalue weighted by Crippen LogP contribution is -2.54. The van der Waals surface area contributed by atoms with Crippen LogP contribution in [-0.4, -0.2) is 47.0 Å². The monoisotopic (exact) mass is 503 g/mol. The van der Waals surface area contributed by atoms with E-state index in [0.29, 0.717) is 13.0 Å². The maximum atomic E-state index is 14.1. The fourth-order valence-electron chi connectivity index (χ4n) is 4.21. The van der Waals surface area contributed by atoms with Gasteiger partial charge in [-0.2, -0.15) is 0 Å². The standard InChI is InChI=1S/C29H49N3O4/c1-10-12-18-32(27(34)24(19-20(3)4)31-28(35)36-29(7,8)9)25(23-17-14-13-16-21(23)5)26(33)30-22(6)15-11-2/h13-14,16-17,20,22,24-25H,10-12,15,18-19H2,1-9H3,(H,30,33)(H,31,35). The van der Waals surface area contributed by atoms with Crippen molar-refractivity contribution >= 4 is 17.9 Å². The Bertz CT molecular complexity index is 847. The molecule has 3 atom stereocenters. The van der Waals surface area contributed by atoms with E-state index in [2.05, 4.69) is 24.5 Å². The van der Waals surface area contributed by atoms with Crippen molar-refractivity contribution in [3.63, 3.8) is 0 Å². The number of hydrogen-bond acceptors (Lipinski definition) is 4. The highest BCUT2D eigenvalue weighted by Crippen LogP contribution is 2.27. The van der Waals surface area contributed by atoms with E-state index in [-0.39, 0.29) is 23.8 Å². The number of carbonyl (C=O) groups excluding carboxylic acids is 3. The minimum absolute atomic E-state index is 0.0107. The zero-order valence-corrected chi connectivity index (χ0v) is 23.9. The molecule has 0 aliphatic heterocycles. The molecule has 0 bridgehead atoms. The molecule has 2 N–H and O–H groups in total. The smallest absolute Gasteiger partial charge is 0.408 e. The number of ether oxygens (including phenoxy) is 1. The highest BCUT2D eigenvalue weighted by molar-refractivity contribution is 5.92. The van der Waals surface area contributed by atoms with Crippen molar-refractivity contribution in [1.29, 1.82) is 0 Å². The van der Waals surface area contributed by atoms with E-state index in [1.165, 1.54) is 0 Å². The number of hydrogen-bond donors (Lipinski definition) is 2. The van der Waals surface area contributed by atoms with Gasteiger partial charge in [0.2, 0.25) is 11.8 Å². The third-order valence-corrected chi connectivity index (χ3v) is 5.89. The molecular weight excluding hydrogens is 454 g/mol. The molecule has 0 aliphatic carbocycles. The SMILES string of the molecule is CCCCN(C(=O)C(CC(C)C)NC(=O)OC(C)(C)C)C(C(=O)NC(C)CCC)c1ccccc1C. The van der Waals surface area contributed by atoms with E-state index in [1.807, 2.05) is 52.0 Å². The van der Waals surface area contributed by atoms with Crippen molar-refractivity contribution in [2.75, 3.05) is 6.54 Å². The zero-order valence-electron chi connectivity index (χ0n) is 23.9. The number of alkyl carbamates (subject to hydrolysis) is 1. The molecule has 0 radical (unpaired) electrons. The van der Waals surface area contributed by atoms with Gasteiger partial charge < -0.3 is 20.3 Å². The van der Waals surface area contributed by atoms with Crippen LogP contribution in [0.3, 0.4) is 0 Å². The van der Waals surface area contributed by atoms with Crippen molar-refractivity contribution in [3.8, 4) is 0 Å². The third-order valence-electron chi connectivity index (χ3n) is 5.89. The molecule has 0 aliphatic rings. The second-order valence-electron chi connectivity index (χ2n) is 11.2. The van der Waals surface area contributed by atoms with Crippen LogP contribution in [0.5, 0.6) is 0 Å². The summed E-state index contributed by atoms with van der Waals surface area (Å²) in [6, 6.07) is 6.09. The van der Waals surface area contributed by atoms with Crippen molar-refractivity contribution in [3.05, 3.63) is 35.4 Å². The molecule has 7 nitrogen and oxygen atoms in total. The number of aryl methyl sites for hydroxylation is 1. The number of carbonyl (C=O) groups is 3. The number of amides is 3. The van der Waals surface area contributed by atoms with Crippen LogP contribution < -0.4 is 10.6 Å². The van der Waals surface area contributed by atoms with Crippen molar-refractivity contribution in [1.82, 2.24) is 15.5 Å². The van der Waals surface area contributed by atoms with Gasteiger partial charge in [-0.05, 0) is 70.9 Å². The second-order valence-corrected chi connectivity index (χ2v) is 11.2. The van der Waals surface area contributed by atoms with E-state index in [9.17, 15) is 14.4 Å². The molecule has 1 aromatic rings. The van der Waals surface area contributed by atoms with Gasteiger partial charge in [-0.25, -0.2) is 4.79 Å². The fourth-order valence-corrected chi connectivity index (χ4v) is 4.21. The maximum absolute atomic E-state index is 14.1. The Morgan fingerprint density at radius 3 is 2.17 bits per heavy atom. The van der Waals surface area contributed by atoms with E-state index < -0.39 is 23.8 Å². The van der Waals surface area contributed by atoms with Crippen LogP contribution in [0.15, 0.2) is 24.3 Å². The van der Waals surface area contributed by atoms with Gasteiger partial charge in [0, 0.05) is 12.6 Å². The lowest BCUT2D eigenvalue weighted by Gasteiger charge is -2.36. The Kier molecular flexibility index (Phi) is 13.0. The average molecular weight is 504 g/mol. The summed E-state index contributed by atoms with van der Waals surface area (Å²) < 4.78 is 5.45. The summed E-state index contributed by atoms with van der Waals surface area (Å²) in [6.07, 6.45) is 3.22. The molecule has 0 aromatic heterocycles. The summed E-state index contributed by atoms with van der Waals surface area (Å²) >= 11 is 0. The van der Waals surface area contributed by atoms with E-state index in [0.717, 1.165) is 36.8 Å². The van der Waals surface area contributed by atoms with E-state index >= 15 is 0 Å². The Labute approximate surface area is 218 Å². The Hall–Kier alpha value is -2.57. The molecule has 0 saturated heterocycles.